The highest BCUT2D eigenvalue weighted by Gasteiger charge is 2.17. The van der Waals surface area contributed by atoms with Crippen LogP contribution in [-0.2, 0) is 14.3 Å². The Morgan fingerprint density at radius 2 is 1.87 bits per heavy atom. The number of ether oxygens (including phenoxy) is 2. The summed E-state index contributed by atoms with van der Waals surface area (Å²) in [6.45, 7) is 3.02. The van der Waals surface area contributed by atoms with E-state index >= 15 is 0 Å². The fourth-order valence-corrected chi connectivity index (χ4v) is 1.50. The molecule has 1 aliphatic heterocycles. The molecule has 0 radical (unpaired) electrons. The second kappa shape index (κ2) is 4.41. The van der Waals surface area contributed by atoms with Crippen molar-refractivity contribution in [3.05, 3.63) is 35.4 Å². The number of rotatable bonds is 2. The summed E-state index contributed by atoms with van der Waals surface area (Å²) in [5.74, 6) is 1.87. The van der Waals surface area contributed by atoms with E-state index in [-0.39, 0.29) is 6.29 Å². The van der Waals surface area contributed by atoms with Gasteiger partial charge in [0.1, 0.15) is 5.94 Å². The van der Waals surface area contributed by atoms with Gasteiger partial charge in [-0.05, 0) is 12.5 Å². The van der Waals surface area contributed by atoms with Crippen molar-refractivity contribution in [3.8, 4) is 0 Å². The van der Waals surface area contributed by atoms with Gasteiger partial charge in [-0.1, -0.05) is 24.3 Å². The van der Waals surface area contributed by atoms with Crippen LogP contribution in [0.3, 0.4) is 0 Å². The lowest BCUT2D eigenvalue weighted by atomic mass is 10.1. The number of hydrogen-bond donors (Lipinski definition) is 0. The average molecular weight is 204 g/mol. The molecule has 0 N–H and O–H groups in total. The van der Waals surface area contributed by atoms with Crippen LogP contribution in [0.15, 0.2) is 24.3 Å². The molecule has 0 aliphatic carbocycles. The van der Waals surface area contributed by atoms with Gasteiger partial charge in [0.15, 0.2) is 6.29 Å². The second-order valence-corrected chi connectivity index (χ2v) is 3.42. The highest BCUT2D eigenvalue weighted by Crippen LogP contribution is 2.24. The molecule has 0 bridgehead atoms. The summed E-state index contributed by atoms with van der Waals surface area (Å²) in [4.78, 5) is 10.4. The first kappa shape index (κ1) is 10.1. The molecule has 0 saturated carbocycles. The third kappa shape index (κ3) is 2.16. The Morgan fingerprint density at radius 3 is 2.40 bits per heavy atom. The monoisotopic (exact) mass is 204 g/mol. The van der Waals surface area contributed by atoms with Crippen molar-refractivity contribution in [1.82, 2.24) is 0 Å². The zero-order chi connectivity index (χ0) is 10.7. The number of carbonyl (C=O) groups excluding carboxylic acids is 1. The quantitative estimate of drug-likeness (QED) is 0.691. The van der Waals surface area contributed by atoms with Crippen LogP contribution in [0, 0.1) is 0 Å². The molecule has 2 rings (SSSR count). The first-order valence-electron chi connectivity index (χ1n) is 4.86. The average Bonchev–Trinajstić information content (AvgIpc) is 2.82. The van der Waals surface area contributed by atoms with Crippen LogP contribution >= 0.6 is 0 Å². The predicted octanol–water partition coefficient (Wildman–Crippen LogP) is 1.97. The summed E-state index contributed by atoms with van der Waals surface area (Å²) in [5.41, 5.74) is 2.47. The molecule has 1 fully saturated rings. The summed E-state index contributed by atoms with van der Waals surface area (Å²) in [6, 6.07) is 7.57. The highest BCUT2D eigenvalue weighted by atomic mass is 16.7. The van der Waals surface area contributed by atoms with Gasteiger partial charge >= 0.3 is 0 Å². The van der Waals surface area contributed by atoms with Crippen LogP contribution in [-0.4, -0.2) is 19.2 Å². The topological polar surface area (TPSA) is 35.5 Å². The van der Waals surface area contributed by atoms with Crippen LogP contribution in [0.1, 0.15) is 24.3 Å². The van der Waals surface area contributed by atoms with Crippen molar-refractivity contribution in [3.63, 3.8) is 0 Å². The number of benzene rings is 1. The molecule has 15 heavy (non-hydrogen) atoms. The van der Waals surface area contributed by atoms with Crippen molar-refractivity contribution < 1.29 is 14.3 Å². The third-order valence-electron chi connectivity index (χ3n) is 2.39. The van der Waals surface area contributed by atoms with Gasteiger partial charge in [-0.15, -0.1) is 0 Å². The molecule has 1 aromatic carbocycles. The molecule has 1 saturated heterocycles. The molecule has 0 spiro atoms. The molecule has 1 heterocycles. The smallest absolute Gasteiger partial charge is 0.184 e. The van der Waals surface area contributed by atoms with Crippen LogP contribution in [0.4, 0.5) is 0 Å². The fourth-order valence-electron chi connectivity index (χ4n) is 1.50. The third-order valence-corrected chi connectivity index (χ3v) is 2.39. The molecule has 1 aliphatic rings. The van der Waals surface area contributed by atoms with E-state index in [1.807, 2.05) is 30.2 Å². The summed E-state index contributed by atoms with van der Waals surface area (Å²) < 4.78 is 10.7. The second-order valence-electron chi connectivity index (χ2n) is 3.42. The highest BCUT2D eigenvalue weighted by molar-refractivity contribution is 5.86. The Hall–Kier alpha value is -1.41. The van der Waals surface area contributed by atoms with Gasteiger partial charge in [0.05, 0.1) is 13.2 Å². The van der Waals surface area contributed by atoms with Crippen molar-refractivity contribution in [2.45, 2.75) is 13.2 Å². The van der Waals surface area contributed by atoms with E-state index in [1.165, 1.54) is 0 Å². The molecule has 1 aromatic rings. The van der Waals surface area contributed by atoms with Gasteiger partial charge in [0.2, 0.25) is 0 Å². The predicted molar refractivity (Wildman–Crippen MR) is 55.9 cm³/mol. The minimum atomic E-state index is -0.250. The van der Waals surface area contributed by atoms with Gasteiger partial charge in [-0.2, -0.15) is 0 Å². The van der Waals surface area contributed by atoms with E-state index in [9.17, 15) is 4.79 Å². The largest absolute Gasteiger partial charge is 0.346 e. The van der Waals surface area contributed by atoms with Gasteiger partial charge in [0.25, 0.3) is 0 Å². The van der Waals surface area contributed by atoms with Gasteiger partial charge < -0.3 is 9.47 Å². The Bertz CT molecular complexity index is 382. The maximum atomic E-state index is 10.4. The lowest BCUT2D eigenvalue weighted by Gasteiger charge is -2.09. The molecule has 3 heteroatoms. The maximum absolute atomic E-state index is 10.4. The number of allylic oxidation sites excluding steroid dienone is 1. The SMILES string of the molecule is CC(=C=O)c1ccc(C2OCCO2)cc1. The first-order valence-corrected chi connectivity index (χ1v) is 4.86. The maximum Gasteiger partial charge on any atom is 0.184 e. The fraction of sp³-hybridized carbons (Fsp3) is 0.333. The standard InChI is InChI=1S/C12H12O3/c1-9(8-13)10-2-4-11(5-3-10)12-14-6-7-15-12/h2-5,12H,6-7H2,1H3. The van der Waals surface area contributed by atoms with E-state index < -0.39 is 0 Å². The van der Waals surface area contributed by atoms with Crippen molar-refractivity contribution in [2.75, 3.05) is 13.2 Å². The lowest BCUT2D eigenvalue weighted by molar-refractivity contribution is -0.0441. The van der Waals surface area contributed by atoms with E-state index in [2.05, 4.69) is 0 Å². The normalized spacial score (nSPS) is 16.3. The van der Waals surface area contributed by atoms with E-state index in [4.69, 9.17) is 9.47 Å². The van der Waals surface area contributed by atoms with E-state index in [1.54, 1.807) is 6.92 Å². The van der Waals surface area contributed by atoms with Gasteiger partial charge in [-0.25, -0.2) is 4.79 Å². The van der Waals surface area contributed by atoms with E-state index in [0.29, 0.717) is 18.8 Å². The minimum absolute atomic E-state index is 0.250. The molecule has 0 atom stereocenters. The van der Waals surface area contributed by atoms with Crippen LogP contribution in [0.2, 0.25) is 0 Å². The van der Waals surface area contributed by atoms with Gasteiger partial charge in [-0.3, -0.25) is 0 Å². The van der Waals surface area contributed by atoms with Crippen molar-refractivity contribution in [2.24, 2.45) is 0 Å². The summed E-state index contributed by atoms with van der Waals surface area (Å²) in [5, 5.41) is 0. The lowest BCUT2D eigenvalue weighted by Crippen LogP contribution is -1.97. The molecule has 3 nitrogen and oxygen atoms in total. The first-order chi connectivity index (χ1) is 7.31. The molecule has 0 aromatic heterocycles. The van der Waals surface area contributed by atoms with Crippen LogP contribution in [0.5, 0.6) is 0 Å². The zero-order valence-electron chi connectivity index (χ0n) is 8.53. The summed E-state index contributed by atoms with van der Waals surface area (Å²) in [6.07, 6.45) is -0.250. The molecule has 78 valence electrons. The molecule has 0 amide bonds. The van der Waals surface area contributed by atoms with Crippen molar-refractivity contribution in [1.29, 1.82) is 0 Å². The minimum Gasteiger partial charge on any atom is -0.346 e. The van der Waals surface area contributed by atoms with Crippen molar-refractivity contribution >= 4 is 11.5 Å². The van der Waals surface area contributed by atoms with Crippen LogP contribution < -0.4 is 0 Å². The Kier molecular flexibility index (Phi) is 2.97. The molecule has 0 unspecified atom stereocenters. The summed E-state index contributed by atoms with van der Waals surface area (Å²) in [7, 11) is 0. The van der Waals surface area contributed by atoms with E-state index in [0.717, 1.165) is 11.1 Å². The van der Waals surface area contributed by atoms with Crippen LogP contribution in [0.25, 0.3) is 5.57 Å². The Morgan fingerprint density at radius 1 is 1.27 bits per heavy atom. The van der Waals surface area contributed by atoms with Gasteiger partial charge in [0, 0.05) is 11.1 Å². The molecular formula is C12H12O3. The Balaban J connectivity index is 2.20. The zero-order valence-corrected chi connectivity index (χ0v) is 8.53. The summed E-state index contributed by atoms with van der Waals surface area (Å²) >= 11 is 0. The Labute approximate surface area is 88.3 Å². The molecular weight excluding hydrogens is 192 g/mol. The number of hydrogen-bond acceptors (Lipinski definition) is 3.